The summed E-state index contributed by atoms with van der Waals surface area (Å²) in [5.41, 5.74) is 6.73. The largest absolute Gasteiger partial charge is 0.399 e. The van der Waals surface area contributed by atoms with Crippen LogP contribution in [0.5, 0.6) is 0 Å². The van der Waals surface area contributed by atoms with Crippen molar-refractivity contribution < 1.29 is 9.59 Å². The molecule has 0 aromatic heterocycles. The third kappa shape index (κ3) is 2.46. The van der Waals surface area contributed by atoms with E-state index >= 15 is 0 Å². The summed E-state index contributed by atoms with van der Waals surface area (Å²) in [4.78, 5) is 25.4. The summed E-state index contributed by atoms with van der Waals surface area (Å²) in [6.45, 7) is 5.81. The number of amides is 2. The maximum atomic E-state index is 11.9. The molecule has 1 aliphatic heterocycles. The van der Waals surface area contributed by atoms with E-state index in [-0.39, 0.29) is 24.4 Å². The average Bonchev–Trinajstić information content (AvgIpc) is 2.33. The van der Waals surface area contributed by atoms with E-state index < -0.39 is 5.54 Å². The Bertz CT molecular complexity index is 525. The summed E-state index contributed by atoms with van der Waals surface area (Å²) < 4.78 is 0. The highest BCUT2D eigenvalue weighted by Crippen LogP contribution is 2.30. The van der Waals surface area contributed by atoms with Gasteiger partial charge in [0.25, 0.3) is 0 Å². The van der Waals surface area contributed by atoms with E-state index in [1.165, 1.54) is 0 Å². The van der Waals surface area contributed by atoms with E-state index in [0.29, 0.717) is 5.69 Å². The lowest BCUT2D eigenvalue weighted by Gasteiger charge is -2.43. The quantitative estimate of drug-likeness (QED) is 0.616. The van der Waals surface area contributed by atoms with E-state index in [0.717, 1.165) is 5.56 Å². The molecule has 1 fully saturated rings. The van der Waals surface area contributed by atoms with Gasteiger partial charge in [0.1, 0.15) is 0 Å². The Morgan fingerprint density at radius 3 is 2.68 bits per heavy atom. The zero-order chi connectivity index (χ0) is 14.2. The maximum absolute atomic E-state index is 11.9. The molecule has 0 spiro atoms. The molecule has 2 rings (SSSR count). The van der Waals surface area contributed by atoms with Crippen LogP contribution in [0.1, 0.15) is 32.4 Å². The van der Waals surface area contributed by atoms with E-state index in [1.807, 2.05) is 49.9 Å². The highest BCUT2D eigenvalue weighted by molar-refractivity contribution is 6.03. The first kappa shape index (κ1) is 13.5. The van der Waals surface area contributed by atoms with Crippen LogP contribution in [-0.2, 0) is 9.59 Å². The standard InChI is InChI=1S/C14H19N3O2/c1-9(10-5-4-6-11(15)7-10)17-8-12(18)16-13(19)14(17,2)3/h4-7,9H,8,15H2,1-3H3,(H,16,18,19). The molecule has 5 nitrogen and oxygen atoms in total. The highest BCUT2D eigenvalue weighted by atomic mass is 16.2. The third-order valence-corrected chi connectivity index (χ3v) is 3.70. The van der Waals surface area contributed by atoms with Gasteiger partial charge in [0.15, 0.2) is 0 Å². The Hall–Kier alpha value is -1.88. The fourth-order valence-corrected chi connectivity index (χ4v) is 2.42. The van der Waals surface area contributed by atoms with E-state index in [1.54, 1.807) is 0 Å². The molecular weight excluding hydrogens is 242 g/mol. The van der Waals surface area contributed by atoms with E-state index in [2.05, 4.69) is 5.32 Å². The van der Waals surface area contributed by atoms with Gasteiger partial charge in [-0.15, -0.1) is 0 Å². The van der Waals surface area contributed by atoms with Gasteiger partial charge in [-0.1, -0.05) is 12.1 Å². The van der Waals surface area contributed by atoms with E-state index in [4.69, 9.17) is 5.73 Å². The van der Waals surface area contributed by atoms with Crippen molar-refractivity contribution in [2.75, 3.05) is 12.3 Å². The van der Waals surface area contributed by atoms with Crippen molar-refractivity contribution in [3.8, 4) is 0 Å². The van der Waals surface area contributed by atoms with Crippen molar-refractivity contribution in [3.63, 3.8) is 0 Å². The molecule has 3 N–H and O–H groups in total. The minimum Gasteiger partial charge on any atom is -0.399 e. The van der Waals surface area contributed by atoms with Crippen LogP contribution in [0.4, 0.5) is 5.69 Å². The van der Waals surface area contributed by atoms with Crippen molar-refractivity contribution in [1.29, 1.82) is 0 Å². The summed E-state index contributed by atoms with van der Waals surface area (Å²) in [6.07, 6.45) is 0. The Kier molecular flexibility index (Phi) is 3.32. The number of imide groups is 1. The fourth-order valence-electron chi connectivity index (χ4n) is 2.42. The first-order chi connectivity index (χ1) is 8.82. The number of benzene rings is 1. The lowest BCUT2D eigenvalue weighted by atomic mass is 9.94. The van der Waals surface area contributed by atoms with Gasteiger partial charge in [0.05, 0.1) is 12.1 Å². The summed E-state index contributed by atoms with van der Waals surface area (Å²) in [5, 5.41) is 2.37. The van der Waals surface area contributed by atoms with Gasteiger partial charge in [-0.2, -0.15) is 0 Å². The monoisotopic (exact) mass is 261 g/mol. The Balaban J connectivity index is 2.33. The molecule has 1 aromatic rings. The van der Waals surface area contributed by atoms with Gasteiger partial charge in [-0.3, -0.25) is 19.8 Å². The minimum absolute atomic E-state index is 0.0616. The first-order valence-corrected chi connectivity index (χ1v) is 6.29. The van der Waals surface area contributed by atoms with Crippen LogP contribution < -0.4 is 11.1 Å². The number of anilines is 1. The van der Waals surface area contributed by atoms with Gasteiger partial charge < -0.3 is 5.73 Å². The van der Waals surface area contributed by atoms with Crippen molar-refractivity contribution in [2.45, 2.75) is 32.4 Å². The Morgan fingerprint density at radius 1 is 1.37 bits per heavy atom. The van der Waals surface area contributed by atoms with Crippen LogP contribution in [0.2, 0.25) is 0 Å². The molecule has 1 saturated heterocycles. The second-order valence-corrected chi connectivity index (χ2v) is 5.41. The second kappa shape index (κ2) is 4.66. The molecule has 1 aromatic carbocycles. The number of rotatable bonds is 2. The molecule has 5 heteroatoms. The molecule has 1 atom stereocenters. The van der Waals surface area contributed by atoms with Crippen molar-refractivity contribution in [1.82, 2.24) is 10.2 Å². The van der Waals surface area contributed by atoms with Crippen molar-refractivity contribution >= 4 is 17.5 Å². The Labute approximate surface area is 112 Å². The number of hydrogen-bond acceptors (Lipinski definition) is 4. The molecule has 19 heavy (non-hydrogen) atoms. The zero-order valence-corrected chi connectivity index (χ0v) is 11.4. The van der Waals surface area contributed by atoms with Crippen LogP contribution in [0.3, 0.4) is 0 Å². The van der Waals surface area contributed by atoms with Gasteiger partial charge in [0.2, 0.25) is 11.8 Å². The Morgan fingerprint density at radius 2 is 2.05 bits per heavy atom. The number of carbonyl (C=O) groups excluding carboxylic acids is 2. The lowest BCUT2D eigenvalue weighted by molar-refractivity contribution is -0.147. The van der Waals surface area contributed by atoms with Crippen LogP contribution in [-0.4, -0.2) is 28.8 Å². The predicted octanol–water partition coefficient (Wildman–Crippen LogP) is 1.07. The molecule has 0 bridgehead atoms. The van der Waals surface area contributed by atoms with Gasteiger partial charge in [0, 0.05) is 11.7 Å². The van der Waals surface area contributed by atoms with Gasteiger partial charge in [-0.05, 0) is 38.5 Å². The molecule has 0 aliphatic carbocycles. The number of carbonyl (C=O) groups is 2. The second-order valence-electron chi connectivity index (χ2n) is 5.41. The molecule has 1 aliphatic rings. The summed E-state index contributed by atoms with van der Waals surface area (Å²) in [7, 11) is 0. The fraction of sp³-hybridized carbons (Fsp3) is 0.429. The normalized spacial score (nSPS) is 21.0. The number of nitrogens with zero attached hydrogens (tertiary/aromatic N) is 1. The van der Waals surface area contributed by atoms with Crippen LogP contribution >= 0.6 is 0 Å². The average molecular weight is 261 g/mol. The number of hydrogen-bond donors (Lipinski definition) is 2. The first-order valence-electron chi connectivity index (χ1n) is 6.29. The summed E-state index contributed by atoms with van der Waals surface area (Å²) >= 11 is 0. The minimum atomic E-state index is -0.724. The van der Waals surface area contributed by atoms with Crippen LogP contribution in [0.25, 0.3) is 0 Å². The van der Waals surface area contributed by atoms with Gasteiger partial charge in [-0.25, -0.2) is 0 Å². The molecule has 1 unspecified atom stereocenters. The highest BCUT2D eigenvalue weighted by Gasteiger charge is 2.43. The SMILES string of the molecule is CC(c1cccc(N)c1)N1CC(=O)NC(=O)C1(C)C. The van der Waals surface area contributed by atoms with Crippen molar-refractivity contribution in [3.05, 3.63) is 29.8 Å². The van der Waals surface area contributed by atoms with Gasteiger partial charge >= 0.3 is 0 Å². The number of nitrogens with one attached hydrogen (secondary N) is 1. The summed E-state index contributed by atoms with van der Waals surface area (Å²) in [5.74, 6) is -0.528. The smallest absolute Gasteiger partial charge is 0.246 e. The third-order valence-electron chi connectivity index (χ3n) is 3.70. The molecule has 2 amide bonds. The van der Waals surface area contributed by atoms with Crippen LogP contribution in [0, 0.1) is 0 Å². The molecule has 102 valence electrons. The molecule has 0 radical (unpaired) electrons. The molecular formula is C14H19N3O2. The molecule has 1 heterocycles. The van der Waals surface area contributed by atoms with E-state index in [9.17, 15) is 9.59 Å². The number of nitrogens with two attached hydrogens (primary N) is 1. The lowest BCUT2D eigenvalue weighted by Crippen LogP contribution is -2.64. The topological polar surface area (TPSA) is 75.4 Å². The molecule has 0 saturated carbocycles. The predicted molar refractivity (Wildman–Crippen MR) is 73.2 cm³/mol. The number of piperazine rings is 1. The van der Waals surface area contributed by atoms with Crippen LogP contribution in [0.15, 0.2) is 24.3 Å². The number of nitrogen functional groups attached to an aromatic ring is 1. The maximum Gasteiger partial charge on any atom is 0.246 e. The van der Waals surface area contributed by atoms with Crippen molar-refractivity contribution in [2.24, 2.45) is 0 Å². The zero-order valence-electron chi connectivity index (χ0n) is 11.4. The summed E-state index contributed by atoms with van der Waals surface area (Å²) in [6, 6.07) is 7.45.